The largest absolute Gasteiger partial charge is 0.469 e. The molecule has 0 aromatic carbocycles. The van der Waals surface area contributed by atoms with Crippen molar-refractivity contribution in [3.05, 3.63) is 52.2 Å². The number of nitrogens with zero attached hydrogens (tertiary/aromatic N) is 1. The van der Waals surface area contributed by atoms with Crippen LogP contribution in [0, 0.1) is 10.1 Å². The molecule has 0 aliphatic carbocycles. The Kier molecular flexibility index (Phi) is 4.35. The first-order valence-corrected chi connectivity index (χ1v) is 6.14. The summed E-state index contributed by atoms with van der Waals surface area (Å²) >= 11 is 0. The highest BCUT2D eigenvalue weighted by Gasteiger charge is 2.12. The summed E-state index contributed by atoms with van der Waals surface area (Å²) < 4.78 is 10.3. The van der Waals surface area contributed by atoms with Crippen LogP contribution < -0.4 is 5.32 Å². The molecule has 0 fully saturated rings. The summed E-state index contributed by atoms with van der Waals surface area (Å²) in [6.45, 7) is 2.54. The predicted molar refractivity (Wildman–Crippen MR) is 68.7 cm³/mol. The molecule has 0 aliphatic rings. The van der Waals surface area contributed by atoms with Crippen molar-refractivity contribution < 1.29 is 13.8 Å². The van der Waals surface area contributed by atoms with Gasteiger partial charge >= 0.3 is 5.88 Å². The third kappa shape index (κ3) is 3.96. The minimum Gasteiger partial charge on any atom is -0.469 e. The first-order chi connectivity index (χ1) is 9.15. The molecule has 1 unspecified atom stereocenters. The van der Waals surface area contributed by atoms with Gasteiger partial charge in [-0.2, -0.15) is 0 Å². The number of hydrogen-bond donors (Lipinski definition) is 1. The molecule has 19 heavy (non-hydrogen) atoms. The molecule has 2 aromatic rings. The lowest BCUT2D eigenvalue weighted by Gasteiger charge is -2.11. The molecule has 1 atom stereocenters. The highest BCUT2D eigenvalue weighted by atomic mass is 16.6. The number of nitrogens with one attached hydrogen (secondary N) is 1. The normalized spacial score (nSPS) is 12.5. The number of hydrogen-bond acceptors (Lipinski definition) is 5. The lowest BCUT2D eigenvalue weighted by Crippen LogP contribution is -2.25. The van der Waals surface area contributed by atoms with Gasteiger partial charge in [-0.15, -0.1) is 0 Å². The van der Waals surface area contributed by atoms with Gasteiger partial charge < -0.3 is 14.2 Å². The Hall–Kier alpha value is -2.08. The zero-order valence-electron chi connectivity index (χ0n) is 10.7. The summed E-state index contributed by atoms with van der Waals surface area (Å²) in [5.74, 6) is 1.30. The maximum atomic E-state index is 10.5. The highest BCUT2D eigenvalue weighted by Crippen LogP contribution is 2.15. The first-order valence-electron chi connectivity index (χ1n) is 6.14. The fraction of sp³-hybridized carbons (Fsp3) is 0.385. The number of furan rings is 2. The van der Waals surface area contributed by atoms with Crippen molar-refractivity contribution in [2.24, 2.45) is 0 Å². The van der Waals surface area contributed by atoms with Gasteiger partial charge in [-0.25, -0.2) is 0 Å². The third-order valence-electron chi connectivity index (χ3n) is 2.86. The van der Waals surface area contributed by atoms with Crippen molar-refractivity contribution in [3.63, 3.8) is 0 Å². The van der Waals surface area contributed by atoms with Gasteiger partial charge in [0.25, 0.3) is 0 Å². The van der Waals surface area contributed by atoms with Gasteiger partial charge in [0.1, 0.15) is 16.4 Å². The van der Waals surface area contributed by atoms with Crippen LogP contribution in [0.15, 0.2) is 39.4 Å². The van der Waals surface area contributed by atoms with E-state index in [-0.39, 0.29) is 11.9 Å². The minimum atomic E-state index is -0.538. The summed E-state index contributed by atoms with van der Waals surface area (Å²) in [4.78, 5) is 9.93. The molecule has 0 saturated heterocycles. The Labute approximate surface area is 110 Å². The fourth-order valence-corrected chi connectivity index (χ4v) is 1.75. The van der Waals surface area contributed by atoms with Crippen molar-refractivity contribution in [3.8, 4) is 0 Å². The molecule has 0 amide bonds. The van der Waals surface area contributed by atoms with Crippen molar-refractivity contribution in [2.75, 3.05) is 0 Å². The molecular weight excluding hydrogens is 248 g/mol. The first kappa shape index (κ1) is 13.4. The Morgan fingerprint density at radius 1 is 1.37 bits per heavy atom. The van der Waals surface area contributed by atoms with E-state index in [1.54, 1.807) is 12.3 Å². The van der Waals surface area contributed by atoms with E-state index >= 15 is 0 Å². The van der Waals surface area contributed by atoms with E-state index in [2.05, 4.69) is 12.2 Å². The van der Waals surface area contributed by atoms with Crippen LogP contribution in [0.25, 0.3) is 0 Å². The summed E-state index contributed by atoms with van der Waals surface area (Å²) in [5, 5.41) is 13.7. The molecule has 1 N–H and O–H groups in total. The molecule has 6 heteroatoms. The topological polar surface area (TPSA) is 81.5 Å². The molecule has 0 aliphatic heterocycles. The van der Waals surface area contributed by atoms with Crippen molar-refractivity contribution >= 4 is 5.88 Å². The van der Waals surface area contributed by atoms with Crippen LogP contribution in [0.3, 0.4) is 0 Å². The second-order valence-corrected chi connectivity index (χ2v) is 4.40. The van der Waals surface area contributed by atoms with Crippen LogP contribution in [0.2, 0.25) is 0 Å². The van der Waals surface area contributed by atoms with E-state index in [4.69, 9.17) is 8.83 Å². The van der Waals surface area contributed by atoms with Gasteiger partial charge in [0.05, 0.1) is 18.9 Å². The molecule has 0 radical (unpaired) electrons. The molecule has 0 saturated carbocycles. The summed E-state index contributed by atoms with van der Waals surface area (Å²) in [7, 11) is 0. The Balaban J connectivity index is 1.73. The molecule has 0 spiro atoms. The number of rotatable bonds is 7. The standard InChI is InChI=1S/C13H16N2O4/c1-10(4-5-11-3-2-8-18-11)14-9-12-6-7-13(19-12)15(16)17/h2-3,6-8,10,14H,4-5,9H2,1H3. The second kappa shape index (κ2) is 6.19. The van der Waals surface area contributed by atoms with Crippen LogP contribution in [-0.2, 0) is 13.0 Å². The van der Waals surface area contributed by atoms with E-state index < -0.39 is 4.92 Å². The summed E-state index contributed by atoms with van der Waals surface area (Å²) in [6.07, 6.45) is 3.45. The lowest BCUT2D eigenvalue weighted by molar-refractivity contribution is -0.402. The van der Waals surface area contributed by atoms with Gasteiger partial charge in [-0.05, 0) is 31.5 Å². The maximum absolute atomic E-state index is 10.5. The quantitative estimate of drug-likeness (QED) is 0.614. The zero-order chi connectivity index (χ0) is 13.7. The van der Waals surface area contributed by atoms with Gasteiger partial charge in [-0.3, -0.25) is 10.1 Å². The van der Waals surface area contributed by atoms with E-state index in [0.29, 0.717) is 12.3 Å². The zero-order valence-corrected chi connectivity index (χ0v) is 10.7. The van der Waals surface area contributed by atoms with Gasteiger partial charge in [-0.1, -0.05) is 0 Å². The highest BCUT2D eigenvalue weighted by molar-refractivity contribution is 5.17. The molecule has 0 bridgehead atoms. The van der Waals surface area contributed by atoms with E-state index in [1.807, 2.05) is 12.1 Å². The Morgan fingerprint density at radius 2 is 2.21 bits per heavy atom. The van der Waals surface area contributed by atoms with Gasteiger partial charge in [0.2, 0.25) is 0 Å². The van der Waals surface area contributed by atoms with E-state index in [0.717, 1.165) is 18.6 Å². The number of nitro groups is 1. The second-order valence-electron chi connectivity index (χ2n) is 4.40. The predicted octanol–water partition coefficient (Wildman–Crippen LogP) is 2.89. The smallest absolute Gasteiger partial charge is 0.433 e. The molecule has 102 valence electrons. The van der Waals surface area contributed by atoms with Crippen LogP contribution in [0.4, 0.5) is 5.88 Å². The molecule has 6 nitrogen and oxygen atoms in total. The molecule has 2 heterocycles. The molecule has 2 aromatic heterocycles. The monoisotopic (exact) mass is 264 g/mol. The SMILES string of the molecule is CC(CCc1ccco1)NCc1ccc([N+](=O)[O-])o1. The average Bonchev–Trinajstić information content (AvgIpc) is 3.05. The average molecular weight is 264 g/mol. The van der Waals surface area contributed by atoms with Crippen LogP contribution in [0.1, 0.15) is 24.9 Å². The van der Waals surface area contributed by atoms with Crippen molar-refractivity contribution in [1.82, 2.24) is 5.32 Å². The van der Waals surface area contributed by atoms with Crippen molar-refractivity contribution in [2.45, 2.75) is 32.4 Å². The van der Waals surface area contributed by atoms with Crippen LogP contribution in [-0.4, -0.2) is 11.0 Å². The van der Waals surface area contributed by atoms with E-state index in [1.165, 1.54) is 6.07 Å². The lowest BCUT2D eigenvalue weighted by atomic mass is 10.1. The Bertz CT molecular complexity index is 518. The van der Waals surface area contributed by atoms with Crippen LogP contribution in [0.5, 0.6) is 0 Å². The third-order valence-corrected chi connectivity index (χ3v) is 2.86. The Morgan fingerprint density at radius 3 is 2.84 bits per heavy atom. The summed E-state index contributed by atoms with van der Waals surface area (Å²) in [5.41, 5.74) is 0. The molecular formula is C13H16N2O4. The number of aryl methyl sites for hydroxylation is 1. The van der Waals surface area contributed by atoms with Gasteiger partial charge in [0, 0.05) is 12.5 Å². The van der Waals surface area contributed by atoms with E-state index in [9.17, 15) is 10.1 Å². The van der Waals surface area contributed by atoms with Crippen molar-refractivity contribution in [1.29, 1.82) is 0 Å². The van der Waals surface area contributed by atoms with Gasteiger partial charge in [0.15, 0.2) is 0 Å². The summed E-state index contributed by atoms with van der Waals surface area (Å²) in [6, 6.07) is 7.07. The maximum Gasteiger partial charge on any atom is 0.433 e. The minimum absolute atomic E-state index is 0.222. The fourth-order valence-electron chi connectivity index (χ4n) is 1.75. The van der Waals surface area contributed by atoms with Crippen LogP contribution >= 0.6 is 0 Å². The molecule has 2 rings (SSSR count).